The van der Waals surface area contributed by atoms with Gasteiger partial charge in [-0.3, -0.25) is 0 Å². The van der Waals surface area contributed by atoms with Gasteiger partial charge in [0.25, 0.3) is 0 Å². The second kappa shape index (κ2) is 5.84. The number of imidazole rings is 1. The maximum Gasteiger partial charge on any atom is 0.0995 e. The first-order valence-corrected chi connectivity index (χ1v) is 7.56. The normalized spacial score (nSPS) is 12.3. The first-order chi connectivity index (χ1) is 10.2. The highest BCUT2D eigenvalue weighted by Crippen LogP contribution is 2.28. The number of aryl methyl sites for hydroxylation is 1. The molecule has 0 amide bonds. The molecule has 0 bridgehead atoms. The second-order valence-corrected chi connectivity index (χ2v) is 5.78. The van der Waals surface area contributed by atoms with Gasteiger partial charge in [0.05, 0.1) is 29.9 Å². The number of rotatable bonds is 3. The highest BCUT2D eigenvalue weighted by Gasteiger charge is 2.16. The van der Waals surface area contributed by atoms with Crippen LogP contribution < -0.4 is 5.73 Å². The van der Waals surface area contributed by atoms with Gasteiger partial charge in [-0.1, -0.05) is 42.5 Å². The van der Waals surface area contributed by atoms with Crippen LogP contribution in [0.15, 0.2) is 65.5 Å². The van der Waals surface area contributed by atoms with Gasteiger partial charge >= 0.3 is 0 Å². The molecule has 0 aliphatic carbocycles. The summed E-state index contributed by atoms with van der Waals surface area (Å²) >= 11 is 3.65. The largest absolute Gasteiger partial charge is 0.319 e. The van der Waals surface area contributed by atoms with Crippen LogP contribution in [0.3, 0.4) is 0 Å². The van der Waals surface area contributed by atoms with Gasteiger partial charge in [-0.2, -0.15) is 0 Å². The van der Waals surface area contributed by atoms with Crippen LogP contribution in [-0.2, 0) is 0 Å². The molecule has 0 spiro atoms. The van der Waals surface area contributed by atoms with Gasteiger partial charge in [0.15, 0.2) is 0 Å². The summed E-state index contributed by atoms with van der Waals surface area (Å²) in [5.74, 6) is 0. The van der Waals surface area contributed by atoms with Crippen molar-refractivity contribution < 1.29 is 0 Å². The molecular weight excluding hydrogens is 326 g/mol. The highest BCUT2D eigenvalue weighted by atomic mass is 79.9. The van der Waals surface area contributed by atoms with Crippen LogP contribution in [0, 0.1) is 6.92 Å². The highest BCUT2D eigenvalue weighted by molar-refractivity contribution is 9.10. The Balaban J connectivity index is 2.08. The minimum absolute atomic E-state index is 0.207. The fraction of sp³-hybridized carbons (Fsp3) is 0.118. The van der Waals surface area contributed by atoms with Crippen molar-refractivity contribution in [1.82, 2.24) is 9.55 Å². The zero-order chi connectivity index (χ0) is 14.8. The second-order valence-electron chi connectivity index (χ2n) is 4.98. The van der Waals surface area contributed by atoms with E-state index in [2.05, 4.69) is 40.0 Å². The van der Waals surface area contributed by atoms with E-state index in [1.54, 1.807) is 6.33 Å². The van der Waals surface area contributed by atoms with E-state index in [0.717, 1.165) is 21.4 Å². The molecule has 0 aliphatic rings. The van der Waals surface area contributed by atoms with Crippen LogP contribution in [0.5, 0.6) is 0 Å². The third kappa shape index (κ3) is 2.64. The zero-order valence-electron chi connectivity index (χ0n) is 11.7. The van der Waals surface area contributed by atoms with E-state index in [-0.39, 0.29) is 6.04 Å². The van der Waals surface area contributed by atoms with Crippen molar-refractivity contribution in [1.29, 1.82) is 0 Å². The Bertz CT molecular complexity index is 750. The van der Waals surface area contributed by atoms with E-state index in [9.17, 15) is 0 Å². The zero-order valence-corrected chi connectivity index (χ0v) is 13.3. The smallest absolute Gasteiger partial charge is 0.0995 e. The molecule has 106 valence electrons. The summed E-state index contributed by atoms with van der Waals surface area (Å²) in [6.07, 6.45) is 3.63. The molecule has 3 nitrogen and oxygen atoms in total. The summed E-state index contributed by atoms with van der Waals surface area (Å²) in [7, 11) is 0. The molecular formula is C17H16BrN3. The van der Waals surface area contributed by atoms with E-state index in [0.29, 0.717) is 0 Å². The van der Waals surface area contributed by atoms with Crippen LogP contribution in [0.1, 0.15) is 22.9 Å². The Morgan fingerprint density at radius 3 is 2.62 bits per heavy atom. The lowest BCUT2D eigenvalue weighted by Gasteiger charge is -2.16. The monoisotopic (exact) mass is 341 g/mol. The maximum absolute atomic E-state index is 6.41. The first-order valence-electron chi connectivity index (χ1n) is 6.76. The predicted molar refractivity (Wildman–Crippen MR) is 88.5 cm³/mol. The molecule has 1 unspecified atom stereocenters. The van der Waals surface area contributed by atoms with Crippen molar-refractivity contribution in [2.45, 2.75) is 13.0 Å². The molecule has 3 aromatic rings. The van der Waals surface area contributed by atoms with Crippen molar-refractivity contribution in [2.24, 2.45) is 5.73 Å². The molecule has 0 aliphatic heterocycles. The minimum Gasteiger partial charge on any atom is -0.319 e. The SMILES string of the molecule is Cc1cccc(-n2cncc2C(N)c2ccccc2)c1Br. The summed E-state index contributed by atoms with van der Waals surface area (Å²) in [6.45, 7) is 2.07. The Morgan fingerprint density at radius 1 is 1.10 bits per heavy atom. The van der Waals surface area contributed by atoms with E-state index in [1.807, 2.05) is 47.2 Å². The van der Waals surface area contributed by atoms with Crippen molar-refractivity contribution in [2.75, 3.05) is 0 Å². The van der Waals surface area contributed by atoms with Gasteiger partial charge in [-0.05, 0) is 40.0 Å². The molecule has 1 aromatic heterocycles. The summed E-state index contributed by atoms with van der Waals surface area (Å²) in [5.41, 5.74) is 10.7. The Morgan fingerprint density at radius 2 is 1.86 bits per heavy atom. The summed E-state index contributed by atoms with van der Waals surface area (Å²) in [4.78, 5) is 4.28. The van der Waals surface area contributed by atoms with Crippen molar-refractivity contribution >= 4 is 15.9 Å². The molecule has 0 saturated carbocycles. The quantitative estimate of drug-likeness (QED) is 0.782. The lowest BCUT2D eigenvalue weighted by atomic mass is 10.1. The number of aromatic nitrogens is 2. The van der Waals surface area contributed by atoms with Crippen molar-refractivity contribution in [3.8, 4) is 5.69 Å². The lowest BCUT2D eigenvalue weighted by molar-refractivity contribution is 0.792. The van der Waals surface area contributed by atoms with Gasteiger partial charge < -0.3 is 10.3 Å². The topological polar surface area (TPSA) is 43.8 Å². The van der Waals surface area contributed by atoms with Crippen LogP contribution in [0.25, 0.3) is 5.69 Å². The predicted octanol–water partition coefficient (Wildman–Crippen LogP) is 3.99. The molecule has 21 heavy (non-hydrogen) atoms. The van der Waals surface area contributed by atoms with Gasteiger partial charge in [0.1, 0.15) is 0 Å². The van der Waals surface area contributed by atoms with Gasteiger partial charge in [0, 0.05) is 4.47 Å². The van der Waals surface area contributed by atoms with Crippen LogP contribution in [-0.4, -0.2) is 9.55 Å². The molecule has 0 fully saturated rings. The average Bonchev–Trinajstić information content (AvgIpc) is 2.99. The Hall–Kier alpha value is -1.91. The van der Waals surface area contributed by atoms with E-state index >= 15 is 0 Å². The number of hydrogen-bond donors (Lipinski definition) is 1. The maximum atomic E-state index is 6.41. The van der Waals surface area contributed by atoms with Crippen LogP contribution in [0.4, 0.5) is 0 Å². The molecule has 3 rings (SSSR count). The van der Waals surface area contributed by atoms with Gasteiger partial charge in [0.2, 0.25) is 0 Å². The molecule has 4 heteroatoms. The molecule has 1 atom stereocenters. The number of halogens is 1. The van der Waals surface area contributed by atoms with E-state index in [4.69, 9.17) is 5.73 Å². The van der Waals surface area contributed by atoms with E-state index in [1.165, 1.54) is 5.56 Å². The standard InChI is InChI=1S/C17H16BrN3/c1-12-6-5-9-14(16(12)18)21-11-20-10-15(21)17(19)13-7-3-2-4-8-13/h2-11,17H,19H2,1H3. The van der Waals surface area contributed by atoms with Crippen LogP contribution >= 0.6 is 15.9 Å². The molecule has 2 N–H and O–H groups in total. The van der Waals surface area contributed by atoms with Crippen molar-refractivity contribution in [3.63, 3.8) is 0 Å². The average molecular weight is 342 g/mol. The third-order valence-electron chi connectivity index (χ3n) is 3.58. The fourth-order valence-electron chi connectivity index (χ4n) is 2.39. The fourth-order valence-corrected chi connectivity index (χ4v) is 2.84. The lowest BCUT2D eigenvalue weighted by Crippen LogP contribution is -2.16. The number of nitrogens with two attached hydrogens (primary N) is 1. The first kappa shape index (κ1) is 14.0. The van der Waals surface area contributed by atoms with E-state index < -0.39 is 0 Å². The summed E-state index contributed by atoms with van der Waals surface area (Å²) < 4.78 is 3.10. The molecule has 0 radical (unpaired) electrons. The third-order valence-corrected chi connectivity index (χ3v) is 4.61. The van der Waals surface area contributed by atoms with Crippen LogP contribution in [0.2, 0.25) is 0 Å². The Kier molecular flexibility index (Phi) is 3.90. The summed E-state index contributed by atoms with van der Waals surface area (Å²) in [5, 5.41) is 0. The number of nitrogens with zero attached hydrogens (tertiary/aromatic N) is 2. The molecule has 0 saturated heterocycles. The molecule has 1 heterocycles. The Labute approximate surface area is 132 Å². The minimum atomic E-state index is -0.207. The summed E-state index contributed by atoms with van der Waals surface area (Å²) in [6, 6.07) is 16.0. The van der Waals surface area contributed by atoms with Crippen molar-refractivity contribution in [3.05, 3.63) is 82.3 Å². The number of hydrogen-bond acceptors (Lipinski definition) is 2. The van der Waals surface area contributed by atoms with Gasteiger partial charge in [-0.15, -0.1) is 0 Å². The number of benzene rings is 2. The van der Waals surface area contributed by atoms with Gasteiger partial charge in [-0.25, -0.2) is 4.98 Å². The molecule has 2 aromatic carbocycles.